The van der Waals surface area contributed by atoms with E-state index in [1.807, 2.05) is 13.0 Å². The van der Waals surface area contributed by atoms with Crippen molar-refractivity contribution in [3.05, 3.63) is 23.4 Å². The second-order valence-corrected chi connectivity index (χ2v) is 6.88. The molecular weight excluding hydrogens is 278 g/mol. The van der Waals surface area contributed by atoms with Crippen molar-refractivity contribution < 1.29 is 17.0 Å². The molecule has 0 spiro atoms. The molecule has 0 unspecified atom stereocenters. The van der Waals surface area contributed by atoms with E-state index in [9.17, 15) is 8.42 Å². The summed E-state index contributed by atoms with van der Waals surface area (Å²) in [6.45, 7) is 1.92. The summed E-state index contributed by atoms with van der Waals surface area (Å²) in [5.41, 5.74) is 0.750. The number of rotatable bonds is 6. The first-order valence-corrected chi connectivity index (χ1v) is 8.74. The minimum absolute atomic E-state index is 0.0952. The summed E-state index contributed by atoms with van der Waals surface area (Å²) in [7, 11) is -3.39. The summed E-state index contributed by atoms with van der Waals surface area (Å²) in [6, 6.07) is 0. The SMILES string of the molecule is Cc1oc(/C=C/C2CCCC2)nc1CCOS(C)(=O)=O. The van der Waals surface area contributed by atoms with Crippen molar-refractivity contribution in [1.29, 1.82) is 0 Å². The Bertz CT molecular complexity index is 568. The molecule has 0 amide bonds. The van der Waals surface area contributed by atoms with Gasteiger partial charge in [-0.15, -0.1) is 0 Å². The number of aromatic nitrogens is 1. The molecule has 6 heteroatoms. The number of nitrogens with zero attached hydrogens (tertiary/aromatic N) is 1. The van der Waals surface area contributed by atoms with Crippen LogP contribution in [0.2, 0.25) is 0 Å². The molecule has 1 aliphatic rings. The van der Waals surface area contributed by atoms with Gasteiger partial charge in [-0.3, -0.25) is 4.18 Å². The molecule has 2 rings (SSSR count). The number of oxazole rings is 1. The Hall–Kier alpha value is -1.14. The molecule has 0 radical (unpaired) electrons. The van der Waals surface area contributed by atoms with E-state index < -0.39 is 10.1 Å². The number of hydrogen-bond acceptors (Lipinski definition) is 5. The third-order valence-corrected chi connectivity index (χ3v) is 4.05. The summed E-state index contributed by atoms with van der Waals surface area (Å²) in [6.07, 6.45) is 10.6. The van der Waals surface area contributed by atoms with Crippen molar-refractivity contribution in [1.82, 2.24) is 4.98 Å². The minimum atomic E-state index is -3.39. The lowest BCUT2D eigenvalue weighted by Gasteiger charge is -1.98. The zero-order chi connectivity index (χ0) is 14.6. The van der Waals surface area contributed by atoms with Gasteiger partial charge in [-0.1, -0.05) is 18.9 Å². The highest BCUT2D eigenvalue weighted by atomic mass is 32.2. The van der Waals surface area contributed by atoms with Gasteiger partial charge in [0.1, 0.15) is 5.76 Å². The van der Waals surface area contributed by atoms with Crippen molar-refractivity contribution in [3.63, 3.8) is 0 Å². The summed E-state index contributed by atoms with van der Waals surface area (Å²) < 4.78 is 32.0. The monoisotopic (exact) mass is 299 g/mol. The maximum absolute atomic E-state index is 10.9. The fourth-order valence-corrected chi connectivity index (χ4v) is 2.80. The van der Waals surface area contributed by atoms with Crippen molar-refractivity contribution in [2.45, 2.75) is 39.0 Å². The summed E-state index contributed by atoms with van der Waals surface area (Å²) in [5.74, 6) is 1.94. The van der Waals surface area contributed by atoms with Crippen LogP contribution in [0.15, 0.2) is 10.5 Å². The van der Waals surface area contributed by atoms with Gasteiger partial charge in [0.25, 0.3) is 10.1 Å². The summed E-state index contributed by atoms with van der Waals surface area (Å²) in [5, 5.41) is 0. The zero-order valence-corrected chi connectivity index (χ0v) is 12.8. The van der Waals surface area contributed by atoms with Gasteiger partial charge in [0, 0.05) is 6.42 Å². The van der Waals surface area contributed by atoms with Crippen LogP contribution in [0.4, 0.5) is 0 Å². The van der Waals surface area contributed by atoms with Crippen LogP contribution in [0.1, 0.15) is 43.0 Å². The molecule has 0 atom stereocenters. The van der Waals surface area contributed by atoms with Crippen molar-refractivity contribution in [2.24, 2.45) is 5.92 Å². The van der Waals surface area contributed by atoms with Crippen molar-refractivity contribution in [3.8, 4) is 0 Å². The van der Waals surface area contributed by atoms with Crippen molar-refractivity contribution >= 4 is 16.2 Å². The topological polar surface area (TPSA) is 69.4 Å². The molecular formula is C14H21NO4S. The molecule has 0 aliphatic heterocycles. The molecule has 0 N–H and O–H groups in total. The molecule has 112 valence electrons. The van der Waals surface area contributed by atoms with Crippen LogP contribution in [0.25, 0.3) is 6.08 Å². The smallest absolute Gasteiger partial charge is 0.264 e. The molecule has 0 aromatic carbocycles. The van der Waals surface area contributed by atoms with Gasteiger partial charge in [0.2, 0.25) is 5.89 Å². The van der Waals surface area contributed by atoms with Crippen LogP contribution in [-0.4, -0.2) is 26.3 Å². The lowest BCUT2D eigenvalue weighted by Crippen LogP contribution is -2.06. The Kier molecular flexibility index (Phi) is 4.99. The summed E-state index contributed by atoms with van der Waals surface area (Å²) in [4.78, 5) is 4.36. The van der Waals surface area contributed by atoms with E-state index in [2.05, 4.69) is 11.1 Å². The number of hydrogen-bond donors (Lipinski definition) is 0. The highest BCUT2D eigenvalue weighted by molar-refractivity contribution is 7.85. The van der Waals surface area contributed by atoms with Crippen molar-refractivity contribution in [2.75, 3.05) is 12.9 Å². The number of aryl methyl sites for hydroxylation is 1. The third kappa shape index (κ3) is 4.76. The average molecular weight is 299 g/mol. The first-order chi connectivity index (χ1) is 9.44. The van der Waals surface area contributed by atoms with Crippen LogP contribution in [0, 0.1) is 12.8 Å². The predicted molar refractivity (Wildman–Crippen MR) is 76.7 cm³/mol. The number of allylic oxidation sites excluding steroid dienone is 1. The van der Waals surface area contributed by atoms with E-state index in [0.717, 1.165) is 11.9 Å². The Morgan fingerprint density at radius 1 is 1.40 bits per heavy atom. The Labute approximate surface area is 120 Å². The maximum Gasteiger partial charge on any atom is 0.264 e. The lowest BCUT2D eigenvalue weighted by molar-refractivity contribution is 0.324. The van der Waals surface area contributed by atoms with E-state index in [-0.39, 0.29) is 6.61 Å². The maximum atomic E-state index is 10.9. The van der Waals surface area contributed by atoms with Gasteiger partial charge in [0.05, 0.1) is 18.6 Å². The van der Waals surface area contributed by atoms with Crippen LogP contribution in [-0.2, 0) is 20.7 Å². The van der Waals surface area contributed by atoms with Gasteiger partial charge >= 0.3 is 0 Å². The van der Waals surface area contributed by atoms with Crippen LogP contribution < -0.4 is 0 Å². The molecule has 5 nitrogen and oxygen atoms in total. The molecule has 1 aromatic rings. The third-order valence-electron chi connectivity index (χ3n) is 3.46. The fraction of sp³-hybridized carbons (Fsp3) is 0.643. The van der Waals surface area contributed by atoms with E-state index in [1.165, 1.54) is 25.7 Å². The second kappa shape index (κ2) is 6.54. The lowest BCUT2D eigenvalue weighted by atomic mass is 10.1. The Morgan fingerprint density at radius 2 is 2.10 bits per heavy atom. The van der Waals surface area contributed by atoms with Gasteiger partial charge in [-0.25, -0.2) is 4.98 Å². The van der Waals surface area contributed by atoms with E-state index >= 15 is 0 Å². The molecule has 1 aromatic heterocycles. The highest BCUT2D eigenvalue weighted by Crippen LogP contribution is 2.26. The first kappa shape index (κ1) is 15.3. The molecule has 1 heterocycles. The van der Waals surface area contributed by atoms with E-state index in [1.54, 1.807) is 0 Å². The summed E-state index contributed by atoms with van der Waals surface area (Å²) >= 11 is 0. The van der Waals surface area contributed by atoms with E-state index in [4.69, 9.17) is 8.60 Å². The van der Waals surface area contributed by atoms with Crippen LogP contribution >= 0.6 is 0 Å². The molecule has 0 bridgehead atoms. The predicted octanol–water partition coefficient (Wildman–Crippen LogP) is 2.71. The standard InChI is InChI=1S/C14H21NO4S/c1-11-13(9-10-18-20(2,16)17)15-14(19-11)8-7-12-5-3-4-6-12/h7-8,12H,3-6,9-10H2,1-2H3/b8-7+. The molecule has 1 aliphatic carbocycles. The average Bonchev–Trinajstić information content (AvgIpc) is 2.95. The Morgan fingerprint density at radius 3 is 2.75 bits per heavy atom. The molecule has 0 saturated heterocycles. The normalized spacial score (nSPS) is 17.3. The second-order valence-electron chi connectivity index (χ2n) is 5.23. The van der Waals surface area contributed by atoms with Crippen LogP contribution in [0.3, 0.4) is 0 Å². The highest BCUT2D eigenvalue weighted by Gasteiger charge is 2.13. The molecule has 1 saturated carbocycles. The minimum Gasteiger partial charge on any atom is -0.442 e. The fourth-order valence-electron chi connectivity index (χ4n) is 2.41. The van der Waals surface area contributed by atoms with E-state index in [0.29, 0.717) is 24.0 Å². The van der Waals surface area contributed by atoms with Crippen LogP contribution in [0.5, 0.6) is 0 Å². The molecule has 20 heavy (non-hydrogen) atoms. The Balaban J connectivity index is 1.91. The van der Waals surface area contributed by atoms with Gasteiger partial charge in [-0.2, -0.15) is 8.42 Å². The zero-order valence-electron chi connectivity index (χ0n) is 12.0. The quantitative estimate of drug-likeness (QED) is 0.755. The molecule has 1 fully saturated rings. The van der Waals surface area contributed by atoms with Gasteiger partial charge in [0.15, 0.2) is 0 Å². The first-order valence-electron chi connectivity index (χ1n) is 6.93. The van der Waals surface area contributed by atoms with Gasteiger partial charge < -0.3 is 4.42 Å². The largest absolute Gasteiger partial charge is 0.442 e. The van der Waals surface area contributed by atoms with Gasteiger partial charge in [-0.05, 0) is 31.8 Å².